The normalized spacial score (nSPS) is 14.9. The molecule has 0 saturated carbocycles. The van der Waals surface area contributed by atoms with Crippen molar-refractivity contribution < 1.29 is 4.74 Å². The maximum absolute atomic E-state index is 5.56. The number of hydrogen-bond acceptors (Lipinski definition) is 3. The van der Waals surface area contributed by atoms with Crippen LogP contribution in [0.25, 0.3) is 5.69 Å². The molecule has 1 aromatic heterocycles. The quantitative estimate of drug-likeness (QED) is 0.922. The lowest BCUT2D eigenvalue weighted by Gasteiger charge is -2.23. The molecule has 0 bridgehead atoms. The van der Waals surface area contributed by atoms with Crippen molar-refractivity contribution in [3.63, 3.8) is 0 Å². The van der Waals surface area contributed by atoms with Gasteiger partial charge in [-0.25, -0.2) is 4.98 Å². The molecule has 2 aromatic rings. The van der Waals surface area contributed by atoms with E-state index in [1.807, 2.05) is 12.1 Å². The number of fused-ring (bicyclic) bond motifs is 1. The fourth-order valence-corrected chi connectivity index (χ4v) is 2.89. The Balaban J connectivity index is 2.27. The van der Waals surface area contributed by atoms with E-state index in [-0.39, 0.29) is 5.41 Å². The van der Waals surface area contributed by atoms with Gasteiger partial charge in [0, 0.05) is 30.6 Å². The van der Waals surface area contributed by atoms with Gasteiger partial charge in [0.15, 0.2) is 0 Å². The third kappa shape index (κ3) is 2.44. The van der Waals surface area contributed by atoms with E-state index in [2.05, 4.69) is 42.8 Å². The number of ether oxygens (including phenoxy) is 1. The van der Waals surface area contributed by atoms with Crippen molar-refractivity contribution in [3.8, 4) is 11.4 Å². The summed E-state index contributed by atoms with van der Waals surface area (Å²) in [7, 11) is 1.72. The predicted octanol–water partition coefficient (Wildman–Crippen LogP) is 2.82. The second-order valence-corrected chi connectivity index (χ2v) is 6.51. The minimum Gasteiger partial charge on any atom is -0.495 e. The molecule has 1 aliphatic heterocycles. The number of hydrogen-bond donors (Lipinski definition) is 1. The van der Waals surface area contributed by atoms with Gasteiger partial charge < -0.3 is 10.1 Å². The lowest BCUT2D eigenvalue weighted by molar-refractivity contribution is 0.410. The first-order chi connectivity index (χ1) is 10.0. The summed E-state index contributed by atoms with van der Waals surface area (Å²) in [5.41, 5.74) is 3.54. The van der Waals surface area contributed by atoms with E-state index in [1.54, 1.807) is 7.11 Å². The highest BCUT2D eigenvalue weighted by atomic mass is 16.5. The number of aromatic nitrogens is 2. The Kier molecular flexibility index (Phi) is 3.49. The summed E-state index contributed by atoms with van der Waals surface area (Å²) in [6.07, 6.45) is 0.996. The molecule has 0 unspecified atom stereocenters. The van der Waals surface area contributed by atoms with Crippen molar-refractivity contribution in [2.24, 2.45) is 0 Å². The SMILES string of the molecule is COc1ccccc1-n1c(C(C)(C)C)nc2c1CCNC2. The molecule has 0 aliphatic carbocycles. The summed E-state index contributed by atoms with van der Waals surface area (Å²) < 4.78 is 7.86. The number of para-hydroxylation sites is 2. The number of benzene rings is 1. The Morgan fingerprint density at radius 3 is 2.71 bits per heavy atom. The molecule has 1 aromatic carbocycles. The van der Waals surface area contributed by atoms with Crippen LogP contribution >= 0.6 is 0 Å². The molecule has 4 nitrogen and oxygen atoms in total. The Morgan fingerprint density at radius 2 is 2.00 bits per heavy atom. The molecule has 0 radical (unpaired) electrons. The molecule has 0 fully saturated rings. The highest BCUT2D eigenvalue weighted by Crippen LogP contribution is 2.33. The fourth-order valence-electron chi connectivity index (χ4n) is 2.89. The first-order valence-corrected chi connectivity index (χ1v) is 7.47. The van der Waals surface area contributed by atoms with Crippen molar-refractivity contribution in [2.45, 2.75) is 39.2 Å². The average molecular weight is 285 g/mol. The van der Waals surface area contributed by atoms with Crippen LogP contribution < -0.4 is 10.1 Å². The van der Waals surface area contributed by atoms with Crippen LogP contribution in [0.4, 0.5) is 0 Å². The molecule has 0 saturated heterocycles. The van der Waals surface area contributed by atoms with Gasteiger partial charge in [0.05, 0.1) is 18.5 Å². The number of methoxy groups -OCH3 is 1. The van der Waals surface area contributed by atoms with Crippen molar-refractivity contribution in [3.05, 3.63) is 41.5 Å². The van der Waals surface area contributed by atoms with Gasteiger partial charge in [-0.2, -0.15) is 0 Å². The third-order valence-corrected chi connectivity index (χ3v) is 3.88. The Morgan fingerprint density at radius 1 is 1.24 bits per heavy atom. The number of imidazole rings is 1. The highest BCUT2D eigenvalue weighted by molar-refractivity contribution is 5.50. The van der Waals surface area contributed by atoms with E-state index >= 15 is 0 Å². The van der Waals surface area contributed by atoms with E-state index < -0.39 is 0 Å². The molecular formula is C17H23N3O. The van der Waals surface area contributed by atoms with Crippen LogP contribution in [0.15, 0.2) is 24.3 Å². The van der Waals surface area contributed by atoms with Gasteiger partial charge >= 0.3 is 0 Å². The summed E-state index contributed by atoms with van der Waals surface area (Å²) in [6, 6.07) is 8.18. The first-order valence-electron chi connectivity index (χ1n) is 7.47. The van der Waals surface area contributed by atoms with Gasteiger partial charge in [-0.15, -0.1) is 0 Å². The first kappa shape index (κ1) is 14.1. The summed E-state index contributed by atoms with van der Waals surface area (Å²) in [4.78, 5) is 4.92. The number of nitrogens with one attached hydrogen (secondary N) is 1. The largest absolute Gasteiger partial charge is 0.495 e. The van der Waals surface area contributed by atoms with Crippen molar-refractivity contribution in [1.29, 1.82) is 0 Å². The van der Waals surface area contributed by atoms with E-state index in [0.29, 0.717) is 0 Å². The number of rotatable bonds is 2. The van der Waals surface area contributed by atoms with Crippen LogP contribution in [0.5, 0.6) is 5.75 Å². The summed E-state index contributed by atoms with van der Waals surface area (Å²) in [6.45, 7) is 8.47. The Bertz CT molecular complexity index is 653. The van der Waals surface area contributed by atoms with Gasteiger partial charge in [-0.1, -0.05) is 32.9 Å². The molecule has 0 amide bonds. The van der Waals surface area contributed by atoms with E-state index in [9.17, 15) is 0 Å². The standard InChI is InChI=1S/C17H23N3O/c1-17(2,3)16-19-12-11-18-10-9-13(12)20(16)14-7-5-6-8-15(14)21-4/h5-8,18H,9-11H2,1-4H3. The lowest BCUT2D eigenvalue weighted by atomic mass is 9.95. The summed E-state index contributed by atoms with van der Waals surface area (Å²) in [5.74, 6) is 1.99. The van der Waals surface area contributed by atoms with Gasteiger partial charge in [-0.05, 0) is 12.1 Å². The van der Waals surface area contributed by atoms with E-state index in [0.717, 1.165) is 42.5 Å². The van der Waals surface area contributed by atoms with Crippen LogP contribution in [-0.4, -0.2) is 23.2 Å². The highest BCUT2D eigenvalue weighted by Gasteiger charge is 2.28. The van der Waals surface area contributed by atoms with Crippen LogP contribution in [0.3, 0.4) is 0 Å². The maximum atomic E-state index is 5.56. The summed E-state index contributed by atoms with van der Waals surface area (Å²) in [5, 5.41) is 3.41. The van der Waals surface area contributed by atoms with Gasteiger partial charge in [0.2, 0.25) is 0 Å². The second-order valence-electron chi connectivity index (χ2n) is 6.51. The van der Waals surface area contributed by atoms with E-state index in [1.165, 1.54) is 5.69 Å². The zero-order chi connectivity index (χ0) is 15.0. The monoisotopic (exact) mass is 285 g/mol. The Hall–Kier alpha value is -1.81. The average Bonchev–Trinajstić information content (AvgIpc) is 2.86. The Labute approximate surface area is 126 Å². The van der Waals surface area contributed by atoms with Crippen molar-refractivity contribution >= 4 is 0 Å². The fraction of sp³-hybridized carbons (Fsp3) is 0.471. The van der Waals surface area contributed by atoms with Crippen LogP contribution in [0.1, 0.15) is 38.0 Å². The molecule has 112 valence electrons. The number of nitrogens with zero attached hydrogens (tertiary/aromatic N) is 2. The minimum absolute atomic E-state index is 0.0157. The van der Waals surface area contributed by atoms with Crippen LogP contribution in [-0.2, 0) is 18.4 Å². The maximum Gasteiger partial charge on any atom is 0.142 e. The molecule has 1 N–H and O–H groups in total. The zero-order valence-corrected chi connectivity index (χ0v) is 13.2. The summed E-state index contributed by atoms with van der Waals surface area (Å²) >= 11 is 0. The lowest BCUT2D eigenvalue weighted by Crippen LogP contribution is -2.25. The van der Waals surface area contributed by atoms with E-state index in [4.69, 9.17) is 9.72 Å². The van der Waals surface area contributed by atoms with Gasteiger partial charge in [0.25, 0.3) is 0 Å². The van der Waals surface area contributed by atoms with Crippen molar-refractivity contribution in [2.75, 3.05) is 13.7 Å². The second kappa shape index (κ2) is 5.19. The molecule has 1 aliphatic rings. The predicted molar refractivity (Wildman–Crippen MR) is 84.2 cm³/mol. The molecule has 0 spiro atoms. The van der Waals surface area contributed by atoms with Crippen molar-refractivity contribution in [1.82, 2.24) is 14.9 Å². The molecule has 2 heterocycles. The van der Waals surface area contributed by atoms with Gasteiger partial charge in [0.1, 0.15) is 11.6 Å². The topological polar surface area (TPSA) is 39.1 Å². The van der Waals surface area contributed by atoms with Crippen LogP contribution in [0.2, 0.25) is 0 Å². The molecule has 4 heteroatoms. The molecule has 3 rings (SSSR count). The molecule has 21 heavy (non-hydrogen) atoms. The van der Waals surface area contributed by atoms with Gasteiger partial charge in [-0.3, -0.25) is 4.57 Å². The molecule has 0 atom stereocenters. The smallest absolute Gasteiger partial charge is 0.142 e. The minimum atomic E-state index is -0.0157. The third-order valence-electron chi connectivity index (χ3n) is 3.88. The zero-order valence-electron chi connectivity index (χ0n) is 13.2. The van der Waals surface area contributed by atoms with Crippen LogP contribution in [0, 0.1) is 0 Å². The molecular weight excluding hydrogens is 262 g/mol.